The van der Waals surface area contributed by atoms with Crippen molar-refractivity contribution < 1.29 is 23.1 Å². The summed E-state index contributed by atoms with van der Waals surface area (Å²) in [5.41, 5.74) is 0.244. The van der Waals surface area contributed by atoms with Gasteiger partial charge in [-0.25, -0.2) is 18.4 Å². The van der Waals surface area contributed by atoms with Crippen LogP contribution in [-0.4, -0.2) is 32.6 Å². The Morgan fingerprint density at radius 2 is 1.79 bits per heavy atom. The van der Waals surface area contributed by atoms with Crippen molar-refractivity contribution in [3.8, 4) is 11.5 Å². The smallest absolute Gasteiger partial charge is 0.335 e. The Balaban J connectivity index is 2.60. The number of hydrogen-bond acceptors (Lipinski definition) is 5. The first-order valence-electron chi connectivity index (χ1n) is 9.69. The molecule has 0 atom stereocenters. The lowest BCUT2D eigenvalue weighted by Gasteiger charge is -2.27. The van der Waals surface area contributed by atoms with E-state index in [1.807, 2.05) is 17.9 Å². The summed E-state index contributed by atoms with van der Waals surface area (Å²) in [4.78, 5) is 13.2. The van der Waals surface area contributed by atoms with Gasteiger partial charge in [-0.3, -0.25) is 0 Å². The van der Waals surface area contributed by atoms with E-state index in [2.05, 4.69) is 6.92 Å². The van der Waals surface area contributed by atoms with Gasteiger partial charge in [0.2, 0.25) is 10.0 Å². The lowest BCUT2D eigenvalue weighted by atomic mass is 10.1. The standard InChI is InChI=1S/C21H28N2O5S/c1-3-5-6-10-13-23(4-2)18-14-16(21(24)25)15-19(29(22,26)27)20(18)28-17-11-8-7-9-12-17/h7-9,11-12,14-15H,3-6,10,13H2,1-2H3,(H,24,25)(H2,22,26,27). The van der Waals surface area contributed by atoms with Gasteiger partial charge in [-0.15, -0.1) is 0 Å². The number of benzene rings is 2. The Hall–Kier alpha value is -2.58. The molecule has 29 heavy (non-hydrogen) atoms. The minimum atomic E-state index is -4.22. The summed E-state index contributed by atoms with van der Waals surface area (Å²) in [5.74, 6) is -0.755. The van der Waals surface area contributed by atoms with Crippen molar-refractivity contribution in [1.29, 1.82) is 0 Å². The molecule has 2 rings (SSSR count). The van der Waals surface area contributed by atoms with Gasteiger partial charge in [-0.1, -0.05) is 44.4 Å². The summed E-state index contributed by atoms with van der Waals surface area (Å²) in [7, 11) is -4.22. The van der Waals surface area contributed by atoms with E-state index in [-0.39, 0.29) is 16.2 Å². The maximum absolute atomic E-state index is 12.3. The molecule has 0 radical (unpaired) electrons. The van der Waals surface area contributed by atoms with Crippen LogP contribution >= 0.6 is 0 Å². The second kappa shape index (κ2) is 10.3. The Morgan fingerprint density at radius 3 is 2.34 bits per heavy atom. The maximum Gasteiger partial charge on any atom is 0.335 e. The van der Waals surface area contributed by atoms with E-state index < -0.39 is 16.0 Å². The number of anilines is 1. The zero-order valence-electron chi connectivity index (χ0n) is 16.8. The highest BCUT2D eigenvalue weighted by Gasteiger charge is 2.25. The van der Waals surface area contributed by atoms with Crippen molar-refractivity contribution in [2.45, 2.75) is 44.4 Å². The third-order valence-corrected chi connectivity index (χ3v) is 5.47. The van der Waals surface area contributed by atoms with Gasteiger partial charge in [0.05, 0.1) is 11.3 Å². The SMILES string of the molecule is CCCCCCN(CC)c1cc(C(=O)O)cc(S(N)(=O)=O)c1Oc1ccccc1. The fourth-order valence-corrected chi connectivity index (χ4v) is 3.74. The van der Waals surface area contributed by atoms with Gasteiger partial charge in [0.15, 0.2) is 5.75 Å². The molecule has 0 aliphatic carbocycles. The van der Waals surface area contributed by atoms with Crippen LogP contribution in [0.2, 0.25) is 0 Å². The predicted molar refractivity (Wildman–Crippen MR) is 113 cm³/mol. The summed E-state index contributed by atoms with van der Waals surface area (Å²) < 4.78 is 30.5. The van der Waals surface area contributed by atoms with Gasteiger partial charge < -0.3 is 14.7 Å². The number of ether oxygens (including phenoxy) is 1. The molecular formula is C21H28N2O5S. The van der Waals surface area contributed by atoms with Crippen LogP contribution < -0.4 is 14.8 Å². The van der Waals surface area contributed by atoms with Crippen LogP contribution in [0.1, 0.15) is 49.9 Å². The Kier molecular flexibility index (Phi) is 8.04. The van der Waals surface area contributed by atoms with Crippen LogP contribution in [0.25, 0.3) is 0 Å². The van der Waals surface area contributed by atoms with Crippen LogP contribution in [0.5, 0.6) is 11.5 Å². The molecule has 0 saturated heterocycles. The van der Waals surface area contributed by atoms with Gasteiger partial charge >= 0.3 is 5.97 Å². The third kappa shape index (κ3) is 6.20. The molecular weight excluding hydrogens is 392 g/mol. The maximum atomic E-state index is 12.3. The van der Waals surface area contributed by atoms with E-state index in [1.54, 1.807) is 24.3 Å². The molecule has 0 aliphatic heterocycles. The zero-order valence-corrected chi connectivity index (χ0v) is 17.6. The number of carboxylic acids is 1. The average Bonchev–Trinajstić information content (AvgIpc) is 2.68. The van der Waals surface area contributed by atoms with Crippen molar-refractivity contribution in [2.75, 3.05) is 18.0 Å². The number of unbranched alkanes of at least 4 members (excludes halogenated alkanes) is 3. The number of hydrogen-bond donors (Lipinski definition) is 2. The number of primary sulfonamides is 1. The van der Waals surface area contributed by atoms with Crippen molar-refractivity contribution in [3.63, 3.8) is 0 Å². The van der Waals surface area contributed by atoms with E-state index in [0.29, 0.717) is 24.5 Å². The fourth-order valence-electron chi connectivity index (χ4n) is 3.04. The number of nitrogens with zero attached hydrogens (tertiary/aromatic N) is 1. The largest absolute Gasteiger partial charge is 0.478 e. The first-order chi connectivity index (χ1) is 13.8. The van der Waals surface area contributed by atoms with E-state index in [9.17, 15) is 18.3 Å². The molecule has 0 heterocycles. The van der Waals surface area contributed by atoms with E-state index in [1.165, 1.54) is 6.07 Å². The third-order valence-electron chi connectivity index (χ3n) is 4.56. The monoisotopic (exact) mass is 420 g/mol. The quantitative estimate of drug-likeness (QED) is 0.526. The molecule has 7 nitrogen and oxygen atoms in total. The summed E-state index contributed by atoms with van der Waals surface area (Å²) in [6.07, 6.45) is 4.12. The van der Waals surface area contributed by atoms with Crippen molar-refractivity contribution >= 4 is 21.7 Å². The number of nitrogens with two attached hydrogens (primary N) is 1. The van der Waals surface area contributed by atoms with Crippen LogP contribution in [0, 0.1) is 0 Å². The molecule has 2 aromatic carbocycles. The van der Waals surface area contributed by atoms with Crippen LogP contribution in [-0.2, 0) is 10.0 Å². The van der Waals surface area contributed by atoms with Crippen LogP contribution in [0.3, 0.4) is 0 Å². The van der Waals surface area contributed by atoms with Gasteiger partial charge in [-0.05, 0) is 37.6 Å². The molecule has 0 amide bonds. The molecule has 8 heteroatoms. The number of para-hydroxylation sites is 1. The van der Waals surface area contributed by atoms with Crippen LogP contribution in [0.4, 0.5) is 5.69 Å². The Bertz CT molecular complexity index is 930. The van der Waals surface area contributed by atoms with E-state index in [4.69, 9.17) is 9.88 Å². The Labute approximate surface area is 172 Å². The van der Waals surface area contributed by atoms with Gasteiger partial charge in [0.1, 0.15) is 10.6 Å². The summed E-state index contributed by atoms with van der Waals surface area (Å²) in [5, 5.41) is 14.9. The van der Waals surface area contributed by atoms with E-state index >= 15 is 0 Å². The van der Waals surface area contributed by atoms with E-state index in [0.717, 1.165) is 31.7 Å². The number of sulfonamides is 1. The molecule has 2 aromatic rings. The topological polar surface area (TPSA) is 110 Å². The minimum absolute atomic E-state index is 0.0426. The average molecular weight is 421 g/mol. The normalized spacial score (nSPS) is 11.3. The van der Waals surface area contributed by atoms with Crippen LogP contribution in [0.15, 0.2) is 47.4 Å². The second-order valence-electron chi connectivity index (χ2n) is 6.73. The molecule has 0 saturated carbocycles. The summed E-state index contributed by atoms with van der Waals surface area (Å²) >= 11 is 0. The van der Waals surface area contributed by atoms with Gasteiger partial charge in [0, 0.05) is 13.1 Å². The van der Waals surface area contributed by atoms with Crippen molar-refractivity contribution in [2.24, 2.45) is 5.14 Å². The number of rotatable bonds is 11. The predicted octanol–water partition coefficient (Wildman–Crippen LogP) is 4.23. The molecule has 0 aromatic heterocycles. The number of carbonyl (C=O) groups is 1. The first-order valence-corrected chi connectivity index (χ1v) is 11.2. The molecule has 0 spiro atoms. The zero-order chi connectivity index (χ0) is 21.4. The first kappa shape index (κ1) is 22.7. The molecule has 0 fully saturated rings. The molecule has 0 aliphatic rings. The second-order valence-corrected chi connectivity index (χ2v) is 8.26. The number of aromatic carboxylic acids is 1. The summed E-state index contributed by atoms with van der Waals surface area (Å²) in [6, 6.07) is 11.2. The minimum Gasteiger partial charge on any atom is -0.478 e. The fraction of sp³-hybridized carbons (Fsp3) is 0.381. The molecule has 0 bridgehead atoms. The van der Waals surface area contributed by atoms with Gasteiger partial charge in [-0.2, -0.15) is 0 Å². The molecule has 158 valence electrons. The Morgan fingerprint density at radius 1 is 1.10 bits per heavy atom. The number of carboxylic acid groups (broad SMARTS) is 1. The molecule has 3 N–H and O–H groups in total. The summed E-state index contributed by atoms with van der Waals surface area (Å²) in [6.45, 7) is 5.26. The highest BCUT2D eigenvalue weighted by atomic mass is 32.2. The van der Waals surface area contributed by atoms with Crippen molar-refractivity contribution in [3.05, 3.63) is 48.0 Å². The lowest BCUT2D eigenvalue weighted by molar-refractivity contribution is 0.0696. The highest BCUT2D eigenvalue weighted by Crippen LogP contribution is 2.39. The van der Waals surface area contributed by atoms with Gasteiger partial charge in [0.25, 0.3) is 0 Å². The molecule has 0 unspecified atom stereocenters. The lowest BCUT2D eigenvalue weighted by Crippen LogP contribution is -2.26. The van der Waals surface area contributed by atoms with Crippen molar-refractivity contribution in [1.82, 2.24) is 0 Å². The highest BCUT2D eigenvalue weighted by molar-refractivity contribution is 7.89.